The van der Waals surface area contributed by atoms with E-state index in [9.17, 15) is 4.79 Å². The van der Waals surface area contributed by atoms with Crippen LogP contribution in [0.5, 0.6) is 0 Å². The summed E-state index contributed by atoms with van der Waals surface area (Å²) in [6.07, 6.45) is 8.09. The number of carbonyl (C=O) groups is 1. The van der Waals surface area contributed by atoms with Crippen LogP contribution in [0.15, 0.2) is 23.9 Å². The number of rotatable bonds is 1. The van der Waals surface area contributed by atoms with Gasteiger partial charge in [-0.15, -0.1) is 0 Å². The van der Waals surface area contributed by atoms with Crippen LogP contribution in [0.25, 0.3) is 0 Å². The highest BCUT2D eigenvalue weighted by molar-refractivity contribution is 5.80. The quantitative estimate of drug-likeness (QED) is 0.609. The van der Waals surface area contributed by atoms with Crippen molar-refractivity contribution in [1.29, 1.82) is 0 Å². The van der Waals surface area contributed by atoms with Gasteiger partial charge in [-0.25, -0.2) is 0 Å². The smallest absolute Gasteiger partial charge is 0.240 e. The summed E-state index contributed by atoms with van der Waals surface area (Å²) >= 11 is 0. The van der Waals surface area contributed by atoms with Crippen molar-refractivity contribution in [3.63, 3.8) is 0 Å². The van der Waals surface area contributed by atoms with Gasteiger partial charge in [0.1, 0.15) is 6.04 Å². The lowest BCUT2D eigenvalue weighted by Gasteiger charge is -2.31. The second kappa shape index (κ2) is 2.66. The molecular formula is C9H12N2O. The van der Waals surface area contributed by atoms with Crippen molar-refractivity contribution in [2.75, 3.05) is 6.54 Å². The predicted molar refractivity (Wildman–Crippen MR) is 46.1 cm³/mol. The van der Waals surface area contributed by atoms with Gasteiger partial charge >= 0.3 is 0 Å². The van der Waals surface area contributed by atoms with Gasteiger partial charge in [0.05, 0.1) is 0 Å². The second-order valence-electron chi connectivity index (χ2n) is 3.18. The number of nitrogens with two attached hydrogens (primary N) is 1. The minimum atomic E-state index is -0.204. The van der Waals surface area contributed by atoms with Gasteiger partial charge in [-0.3, -0.25) is 4.79 Å². The standard InChI is InChI=1S/C9H12N2O/c10-9(12)8-5-1-3-7-4-2-6-11(7)8/h2-4,8H,1,5-6H2,(H2,10,12). The van der Waals surface area contributed by atoms with E-state index in [2.05, 4.69) is 23.1 Å². The van der Waals surface area contributed by atoms with E-state index in [1.807, 2.05) is 0 Å². The predicted octanol–water partition coefficient (Wildman–Crippen LogP) is 0.390. The molecule has 0 aromatic carbocycles. The zero-order valence-corrected chi connectivity index (χ0v) is 6.86. The van der Waals surface area contributed by atoms with Crippen molar-refractivity contribution in [2.24, 2.45) is 5.73 Å². The molecule has 0 radical (unpaired) electrons. The molecule has 2 rings (SSSR count). The summed E-state index contributed by atoms with van der Waals surface area (Å²) in [5, 5.41) is 0. The fourth-order valence-electron chi connectivity index (χ4n) is 1.82. The molecule has 2 N–H and O–H groups in total. The molecule has 0 fully saturated rings. The minimum Gasteiger partial charge on any atom is -0.368 e. The number of carbonyl (C=O) groups excluding carboxylic acids is 1. The minimum absolute atomic E-state index is 0.0833. The summed E-state index contributed by atoms with van der Waals surface area (Å²) in [5.74, 6) is -0.204. The zero-order valence-electron chi connectivity index (χ0n) is 6.86. The Morgan fingerprint density at radius 3 is 3.25 bits per heavy atom. The lowest BCUT2D eigenvalue weighted by Crippen LogP contribution is -2.44. The highest BCUT2D eigenvalue weighted by Crippen LogP contribution is 2.25. The average molecular weight is 164 g/mol. The van der Waals surface area contributed by atoms with Gasteiger partial charge in [-0.1, -0.05) is 12.2 Å². The Kier molecular flexibility index (Phi) is 1.64. The number of amides is 1. The maximum Gasteiger partial charge on any atom is 0.240 e. The molecule has 0 saturated heterocycles. The largest absolute Gasteiger partial charge is 0.368 e. The molecule has 0 saturated carbocycles. The maximum atomic E-state index is 11.0. The molecule has 3 nitrogen and oxygen atoms in total. The van der Waals surface area contributed by atoms with Gasteiger partial charge < -0.3 is 10.6 Å². The topological polar surface area (TPSA) is 46.3 Å². The van der Waals surface area contributed by atoms with E-state index in [1.54, 1.807) is 0 Å². The van der Waals surface area contributed by atoms with E-state index in [4.69, 9.17) is 5.73 Å². The van der Waals surface area contributed by atoms with E-state index in [0.717, 1.165) is 25.1 Å². The van der Waals surface area contributed by atoms with Crippen molar-refractivity contribution in [3.05, 3.63) is 23.9 Å². The normalized spacial score (nSPS) is 26.8. The van der Waals surface area contributed by atoms with Crippen LogP contribution in [0, 0.1) is 0 Å². The van der Waals surface area contributed by atoms with Gasteiger partial charge in [-0.2, -0.15) is 0 Å². The number of hydrogen-bond acceptors (Lipinski definition) is 2. The van der Waals surface area contributed by atoms with Crippen LogP contribution in [0.1, 0.15) is 12.8 Å². The summed E-state index contributed by atoms with van der Waals surface area (Å²) in [7, 11) is 0. The molecule has 1 atom stereocenters. The first kappa shape index (κ1) is 7.40. The maximum absolute atomic E-state index is 11.0. The molecule has 2 heterocycles. The van der Waals surface area contributed by atoms with Crippen LogP contribution in [-0.4, -0.2) is 23.4 Å². The van der Waals surface area contributed by atoms with Crippen molar-refractivity contribution >= 4 is 5.91 Å². The first-order valence-electron chi connectivity index (χ1n) is 4.21. The van der Waals surface area contributed by atoms with Crippen molar-refractivity contribution < 1.29 is 4.79 Å². The summed E-state index contributed by atoms with van der Waals surface area (Å²) < 4.78 is 0. The van der Waals surface area contributed by atoms with Gasteiger partial charge in [-0.05, 0) is 18.9 Å². The molecular weight excluding hydrogens is 152 g/mol. The van der Waals surface area contributed by atoms with E-state index in [1.165, 1.54) is 0 Å². The first-order chi connectivity index (χ1) is 5.79. The molecule has 64 valence electrons. The van der Waals surface area contributed by atoms with Crippen LogP contribution < -0.4 is 5.73 Å². The molecule has 0 aromatic rings. The Balaban J connectivity index is 2.22. The van der Waals surface area contributed by atoms with Crippen LogP contribution in [0.2, 0.25) is 0 Å². The Bertz CT molecular complexity index is 268. The molecule has 1 amide bonds. The Morgan fingerprint density at radius 2 is 2.50 bits per heavy atom. The first-order valence-corrected chi connectivity index (χ1v) is 4.21. The van der Waals surface area contributed by atoms with Crippen LogP contribution in [0.4, 0.5) is 0 Å². The fraction of sp³-hybridized carbons (Fsp3) is 0.444. The summed E-state index contributed by atoms with van der Waals surface area (Å²) in [6, 6.07) is -0.0833. The summed E-state index contributed by atoms with van der Waals surface area (Å²) in [6.45, 7) is 0.833. The van der Waals surface area contributed by atoms with Gasteiger partial charge in [0.2, 0.25) is 5.91 Å². The molecule has 0 spiro atoms. The van der Waals surface area contributed by atoms with Gasteiger partial charge in [0, 0.05) is 12.2 Å². The molecule has 2 aliphatic rings. The van der Waals surface area contributed by atoms with E-state index >= 15 is 0 Å². The lowest BCUT2D eigenvalue weighted by molar-refractivity contribution is -0.122. The van der Waals surface area contributed by atoms with Crippen LogP contribution >= 0.6 is 0 Å². The molecule has 0 bridgehead atoms. The number of nitrogens with zero attached hydrogens (tertiary/aromatic N) is 1. The fourth-order valence-corrected chi connectivity index (χ4v) is 1.82. The molecule has 0 aliphatic carbocycles. The van der Waals surface area contributed by atoms with Crippen LogP contribution in [0.3, 0.4) is 0 Å². The number of allylic oxidation sites excluding steroid dienone is 2. The van der Waals surface area contributed by atoms with E-state index in [-0.39, 0.29) is 11.9 Å². The number of hydrogen-bond donors (Lipinski definition) is 1. The molecule has 0 aromatic heterocycles. The van der Waals surface area contributed by atoms with Crippen molar-refractivity contribution in [2.45, 2.75) is 18.9 Å². The highest BCUT2D eigenvalue weighted by atomic mass is 16.1. The van der Waals surface area contributed by atoms with Crippen LogP contribution in [-0.2, 0) is 4.79 Å². The molecule has 2 aliphatic heterocycles. The van der Waals surface area contributed by atoms with Crippen molar-refractivity contribution in [3.8, 4) is 0 Å². The van der Waals surface area contributed by atoms with E-state index < -0.39 is 0 Å². The molecule has 1 unspecified atom stereocenters. The third kappa shape index (κ3) is 1.02. The average Bonchev–Trinajstić information content (AvgIpc) is 2.49. The third-order valence-electron chi connectivity index (χ3n) is 2.42. The second-order valence-corrected chi connectivity index (χ2v) is 3.18. The SMILES string of the molecule is NC(=O)C1CCC=C2C=CCN21. The zero-order chi connectivity index (χ0) is 8.55. The Labute approximate surface area is 71.5 Å². The van der Waals surface area contributed by atoms with Crippen molar-refractivity contribution in [1.82, 2.24) is 4.90 Å². The molecule has 12 heavy (non-hydrogen) atoms. The number of primary amides is 1. The Hall–Kier alpha value is -1.25. The lowest BCUT2D eigenvalue weighted by atomic mass is 10.0. The summed E-state index contributed by atoms with van der Waals surface area (Å²) in [5.41, 5.74) is 6.44. The van der Waals surface area contributed by atoms with Gasteiger partial charge in [0.25, 0.3) is 0 Å². The Morgan fingerprint density at radius 1 is 1.67 bits per heavy atom. The number of fused-ring (bicyclic) bond motifs is 1. The third-order valence-corrected chi connectivity index (χ3v) is 2.42. The van der Waals surface area contributed by atoms with E-state index in [0.29, 0.717) is 0 Å². The summed E-state index contributed by atoms with van der Waals surface area (Å²) in [4.78, 5) is 13.1. The molecule has 3 heteroatoms. The van der Waals surface area contributed by atoms with Gasteiger partial charge in [0.15, 0.2) is 0 Å². The monoisotopic (exact) mass is 164 g/mol. The highest BCUT2D eigenvalue weighted by Gasteiger charge is 2.28.